The highest BCUT2D eigenvalue weighted by atomic mass is 32.2. The van der Waals surface area contributed by atoms with E-state index in [1.54, 1.807) is 6.92 Å². The van der Waals surface area contributed by atoms with Crippen LogP contribution in [-0.4, -0.2) is 44.4 Å². The number of hydrogen-bond acceptors (Lipinski definition) is 5. The predicted molar refractivity (Wildman–Crippen MR) is 60.7 cm³/mol. The monoisotopic (exact) mass is 279 g/mol. The molecule has 0 aliphatic carbocycles. The van der Waals surface area contributed by atoms with Gasteiger partial charge >= 0.3 is 0 Å². The van der Waals surface area contributed by atoms with Gasteiger partial charge in [0.2, 0.25) is 0 Å². The van der Waals surface area contributed by atoms with E-state index in [2.05, 4.69) is 14.7 Å². The van der Waals surface area contributed by atoms with Crippen LogP contribution in [0.2, 0.25) is 0 Å². The van der Waals surface area contributed by atoms with E-state index in [0.29, 0.717) is 12.2 Å². The van der Waals surface area contributed by atoms with Gasteiger partial charge in [-0.3, -0.25) is 0 Å². The van der Waals surface area contributed by atoms with Crippen LogP contribution < -0.4 is 4.72 Å². The zero-order valence-corrected chi connectivity index (χ0v) is 10.8. The number of sulfonamides is 1. The van der Waals surface area contributed by atoms with Crippen molar-refractivity contribution in [3.63, 3.8) is 0 Å². The van der Waals surface area contributed by atoms with Gasteiger partial charge in [-0.25, -0.2) is 26.5 Å². The Morgan fingerprint density at radius 3 is 2.71 bits per heavy atom. The first kappa shape index (κ1) is 12.5. The van der Waals surface area contributed by atoms with E-state index in [0.717, 1.165) is 0 Å². The van der Waals surface area contributed by atoms with E-state index in [1.165, 1.54) is 6.20 Å². The Morgan fingerprint density at radius 2 is 2.24 bits per heavy atom. The lowest BCUT2D eigenvalue weighted by Crippen LogP contribution is -2.35. The van der Waals surface area contributed by atoms with Crippen molar-refractivity contribution in [3.8, 4) is 0 Å². The van der Waals surface area contributed by atoms with Gasteiger partial charge in [0.15, 0.2) is 14.9 Å². The molecule has 2 heterocycles. The second-order valence-corrected chi connectivity index (χ2v) is 7.97. The third-order valence-corrected chi connectivity index (χ3v) is 5.72. The summed E-state index contributed by atoms with van der Waals surface area (Å²) in [7, 11) is -6.80. The molecule has 2 N–H and O–H groups in total. The molecule has 1 atom stereocenters. The number of hydrogen-bond donors (Lipinski definition) is 2. The average molecular weight is 279 g/mol. The minimum Gasteiger partial charge on any atom is -0.332 e. The summed E-state index contributed by atoms with van der Waals surface area (Å²) in [6.07, 6.45) is 1.52. The number of aryl methyl sites for hydroxylation is 1. The van der Waals surface area contributed by atoms with Crippen LogP contribution in [0.25, 0.3) is 0 Å². The van der Waals surface area contributed by atoms with Crippen LogP contribution in [0.5, 0.6) is 0 Å². The summed E-state index contributed by atoms with van der Waals surface area (Å²) >= 11 is 0. The molecule has 0 amide bonds. The van der Waals surface area contributed by atoms with Gasteiger partial charge in [0.25, 0.3) is 10.0 Å². The Morgan fingerprint density at radius 1 is 1.53 bits per heavy atom. The largest absolute Gasteiger partial charge is 0.332 e. The summed E-state index contributed by atoms with van der Waals surface area (Å²) in [5, 5.41) is -0.0423. The fourth-order valence-corrected chi connectivity index (χ4v) is 4.73. The first-order chi connectivity index (χ1) is 7.78. The number of rotatable bonds is 3. The van der Waals surface area contributed by atoms with Crippen LogP contribution in [0, 0.1) is 6.92 Å². The van der Waals surface area contributed by atoms with E-state index in [1.807, 2.05) is 0 Å². The molecule has 2 rings (SSSR count). The van der Waals surface area contributed by atoms with Gasteiger partial charge in [0.05, 0.1) is 17.7 Å². The Bertz CT molecular complexity index is 617. The molecular formula is C8H13N3O4S2. The van der Waals surface area contributed by atoms with Crippen LogP contribution >= 0.6 is 0 Å². The van der Waals surface area contributed by atoms with Gasteiger partial charge in [-0.15, -0.1) is 0 Å². The summed E-state index contributed by atoms with van der Waals surface area (Å²) < 4.78 is 48.5. The predicted octanol–water partition coefficient (Wildman–Crippen LogP) is -0.816. The van der Waals surface area contributed by atoms with Gasteiger partial charge in [0.1, 0.15) is 5.82 Å². The lowest BCUT2D eigenvalue weighted by Gasteiger charge is -2.09. The quantitative estimate of drug-likeness (QED) is 0.751. The number of nitrogens with zero attached hydrogens (tertiary/aromatic N) is 1. The smallest absolute Gasteiger partial charge is 0.257 e. The fourth-order valence-electron chi connectivity index (χ4n) is 1.71. The minimum absolute atomic E-state index is 0.0300. The fraction of sp³-hybridized carbons (Fsp3) is 0.625. The van der Waals surface area contributed by atoms with Crippen LogP contribution in [0.15, 0.2) is 11.2 Å². The number of aromatic nitrogens is 2. The Labute approximate surface area is 99.6 Å². The number of H-pyrrole nitrogens is 1. The van der Waals surface area contributed by atoms with Gasteiger partial charge in [0, 0.05) is 6.04 Å². The summed E-state index contributed by atoms with van der Waals surface area (Å²) in [5.41, 5.74) is 0. The third kappa shape index (κ3) is 2.85. The lowest BCUT2D eigenvalue weighted by molar-refractivity contribution is 0.559. The van der Waals surface area contributed by atoms with Crippen molar-refractivity contribution in [1.29, 1.82) is 0 Å². The minimum atomic E-state index is -3.71. The Balaban J connectivity index is 2.14. The number of imidazole rings is 1. The summed E-state index contributed by atoms with van der Waals surface area (Å²) in [4.78, 5) is 6.39. The SMILES string of the molecule is Cc1ncc(S(=O)(=O)NC2CCS(=O)(=O)C2)[nH]1. The van der Waals surface area contributed by atoms with Crippen LogP contribution in [0.4, 0.5) is 0 Å². The molecular weight excluding hydrogens is 266 g/mol. The summed E-state index contributed by atoms with van der Waals surface area (Å²) in [6.45, 7) is 1.64. The van der Waals surface area contributed by atoms with E-state index >= 15 is 0 Å². The molecule has 1 aromatic heterocycles. The van der Waals surface area contributed by atoms with Crippen molar-refractivity contribution in [1.82, 2.24) is 14.7 Å². The van der Waals surface area contributed by atoms with Gasteiger partial charge < -0.3 is 4.98 Å². The second-order valence-electron chi connectivity index (χ2n) is 4.05. The second kappa shape index (κ2) is 4.07. The highest BCUT2D eigenvalue weighted by Gasteiger charge is 2.31. The molecule has 1 fully saturated rings. The molecule has 96 valence electrons. The Hall–Kier alpha value is -0.930. The number of sulfone groups is 1. The molecule has 9 heteroatoms. The van der Waals surface area contributed by atoms with Crippen molar-refractivity contribution >= 4 is 19.9 Å². The van der Waals surface area contributed by atoms with Crippen LogP contribution in [0.1, 0.15) is 12.2 Å². The molecule has 7 nitrogen and oxygen atoms in total. The molecule has 1 saturated heterocycles. The standard InChI is InChI=1S/C8H13N3O4S2/c1-6-9-4-8(10-6)17(14,15)11-7-2-3-16(12,13)5-7/h4,7,11H,2-3,5H2,1H3,(H,9,10). The van der Waals surface area contributed by atoms with Gasteiger partial charge in [-0.1, -0.05) is 0 Å². The first-order valence-corrected chi connectivity index (χ1v) is 8.33. The molecule has 0 spiro atoms. The van der Waals surface area contributed by atoms with Gasteiger partial charge in [-0.05, 0) is 13.3 Å². The van der Waals surface area contributed by atoms with E-state index in [9.17, 15) is 16.8 Å². The van der Waals surface area contributed by atoms with Crippen molar-refractivity contribution in [2.75, 3.05) is 11.5 Å². The molecule has 17 heavy (non-hydrogen) atoms. The number of nitrogens with one attached hydrogen (secondary N) is 2. The molecule has 0 bridgehead atoms. The van der Waals surface area contributed by atoms with Crippen LogP contribution in [-0.2, 0) is 19.9 Å². The Kier molecular flexibility index (Phi) is 3.00. The first-order valence-electron chi connectivity index (χ1n) is 5.03. The van der Waals surface area contributed by atoms with Gasteiger partial charge in [-0.2, -0.15) is 0 Å². The summed E-state index contributed by atoms with van der Waals surface area (Å²) in [5.74, 6) is 0.381. The van der Waals surface area contributed by atoms with Crippen molar-refractivity contribution in [2.45, 2.75) is 24.4 Å². The lowest BCUT2D eigenvalue weighted by atomic mass is 10.3. The zero-order valence-electron chi connectivity index (χ0n) is 9.17. The maximum absolute atomic E-state index is 11.8. The molecule has 0 saturated carbocycles. The highest BCUT2D eigenvalue weighted by molar-refractivity contribution is 7.92. The molecule has 0 radical (unpaired) electrons. The number of aromatic amines is 1. The highest BCUT2D eigenvalue weighted by Crippen LogP contribution is 2.14. The molecule has 1 unspecified atom stereocenters. The van der Waals surface area contributed by atoms with Crippen molar-refractivity contribution < 1.29 is 16.8 Å². The molecule has 1 aromatic rings. The molecule has 1 aliphatic heterocycles. The maximum atomic E-state index is 11.8. The molecule has 0 aromatic carbocycles. The summed E-state index contributed by atoms with van der Waals surface area (Å²) in [6, 6.07) is -0.548. The normalized spacial score (nSPS) is 23.9. The van der Waals surface area contributed by atoms with E-state index in [4.69, 9.17) is 0 Å². The van der Waals surface area contributed by atoms with Crippen LogP contribution in [0.3, 0.4) is 0 Å². The topological polar surface area (TPSA) is 109 Å². The third-order valence-electron chi connectivity index (χ3n) is 2.52. The molecule has 1 aliphatic rings. The van der Waals surface area contributed by atoms with Crippen molar-refractivity contribution in [3.05, 3.63) is 12.0 Å². The van der Waals surface area contributed by atoms with E-state index in [-0.39, 0.29) is 16.5 Å². The zero-order chi connectivity index (χ0) is 12.7. The van der Waals surface area contributed by atoms with E-state index < -0.39 is 25.9 Å². The maximum Gasteiger partial charge on any atom is 0.257 e. The average Bonchev–Trinajstić information content (AvgIpc) is 2.72. The van der Waals surface area contributed by atoms with Crippen molar-refractivity contribution in [2.24, 2.45) is 0 Å².